The maximum absolute atomic E-state index is 8.81. The van der Waals surface area contributed by atoms with Crippen LogP contribution in [0.15, 0.2) is 18.3 Å². The average molecular weight is 159 g/mol. The van der Waals surface area contributed by atoms with Gasteiger partial charge < -0.3 is 10.8 Å². The van der Waals surface area contributed by atoms with Crippen LogP contribution in [0.5, 0.6) is 0 Å². The van der Waals surface area contributed by atoms with Crippen LogP contribution >= 0.6 is 11.6 Å². The van der Waals surface area contributed by atoms with Crippen LogP contribution in [-0.2, 0) is 0 Å². The van der Waals surface area contributed by atoms with Gasteiger partial charge >= 0.3 is 0 Å². The standard InChI is InChI=1S/C6H7ClN2O/c7-5-2-1-4(3-9-5)6(8)10/h1-3,6,10H,8H2. The Hall–Kier alpha value is -0.640. The van der Waals surface area contributed by atoms with Gasteiger partial charge in [0.1, 0.15) is 11.4 Å². The van der Waals surface area contributed by atoms with Gasteiger partial charge in [-0.15, -0.1) is 0 Å². The van der Waals surface area contributed by atoms with E-state index < -0.39 is 6.23 Å². The van der Waals surface area contributed by atoms with E-state index in [2.05, 4.69) is 4.98 Å². The predicted molar refractivity (Wildman–Crippen MR) is 38.4 cm³/mol. The fourth-order valence-electron chi connectivity index (χ4n) is 0.562. The van der Waals surface area contributed by atoms with Gasteiger partial charge in [-0.05, 0) is 6.07 Å². The van der Waals surface area contributed by atoms with E-state index in [1.807, 2.05) is 0 Å². The van der Waals surface area contributed by atoms with Crippen molar-refractivity contribution in [3.63, 3.8) is 0 Å². The molecule has 3 nitrogen and oxygen atoms in total. The highest BCUT2D eigenvalue weighted by molar-refractivity contribution is 6.29. The summed E-state index contributed by atoms with van der Waals surface area (Å²) < 4.78 is 0. The zero-order valence-electron chi connectivity index (χ0n) is 5.16. The first-order chi connectivity index (χ1) is 4.70. The first-order valence-corrected chi connectivity index (χ1v) is 3.13. The molecule has 0 saturated heterocycles. The van der Waals surface area contributed by atoms with E-state index >= 15 is 0 Å². The van der Waals surface area contributed by atoms with E-state index in [4.69, 9.17) is 22.4 Å². The first kappa shape index (κ1) is 7.47. The van der Waals surface area contributed by atoms with Crippen molar-refractivity contribution >= 4 is 11.6 Å². The molecule has 0 amide bonds. The summed E-state index contributed by atoms with van der Waals surface area (Å²) in [5, 5.41) is 9.20. The van der Waals surface area contributed by atoms with Gasteiger partial charge in [0.2, 0.25) is 0 Å². The van der Waals surface area contributed by atoms with E-state index in [0.717, 1.165) is 0 Å². The van der Waals surface area contributed by atoms with E-state index in [1.165, 1.54) is 6.20 Å². The van der Waals surface area contributed by atoms with Crippen LogP contribution < -0.4 is 5.73 Å². The van der Waals surface area contributed by atoms with Crippen molar-refractivity contribution in [1.29, 1.82) is 0 Å². The van der Waals surface area contributed by atoms with Gasteiger partial charge in [-0.25, -0.2) is 4.98 Å². The molecule has 1 atom stereocenters. The molecule has 0 radical (unpaired) electrons. The molecule has 0 aliphatic carbocycles. The molecule has 0 aliphatic rings. The lowest BCUT2D eigenvalue weighted by Gasteiger charge is -2.01. The molecule has 10 heavy (non-hydrogen) atoms. The number of pyridine rings is 1. The largest absolute Gasteiger partial charge is 0.374 e. The van der Waals surface area contributed by atoms with Gasteiger partial charge in [0.05, 0.1) is 0 Å². The van der Waals surface area contributed by atoms with Gasteiger partial charge in [0, 0.05) is 11.8 Å². The SMILES string of the molecule is NC(O)c1ccc(Cl)nc1. The van der Waals surface area contributed by atoms with Crippen LogP contribution in [0, 0.1) is 0 Å². The first-order valence-electron chi connectivity index (χ1n) is 2.75. The Kier molecular flexibility index (Phi) is 2.21. The van der Waals surface area contributed by atoms with Crippen molar-refractivity contribution in [2.75, 3.05) is 0 Å². The third kappa shape index (κ3) is 1.67. The predicted octanol–water partition coefficient (Wildman–Crippen LogP) is 0.685. The maximum Gasteiger partial charge on any atom is 0.130 e. The molecule has 0 fully saturated rings. The molecule has 4 heteroatoms. The van der Waals surface area contributed by atoms with Crippen LogP contribution in [-0.4, -0.2) is 10.1 Å². The third-order valence-electron chi connectivity index (χ3n) is 1.09. The summed E-state index contributed by atoms with van der Waals surface area (Å²) in [6.07, 6.45) is 0.470. The molecule has 0 aromatic carbocycles. The van der Waals surface area contributed by atoms with E-state index in [1.54, 1.807) is 12.1 Å². The topological polar surface area (TPSA) is 59.1 Å². The van der Waals surface area contributed by atoms with Crippen molar-refractivity contribution in [3.8, 4) is 0 Å². The fraction of sp³-hybridized carbons (Fsp3) is 0.167. The molecule has 1 unspecified atom stereocenters. The van der Waals surface area contributed by atoms with Crippen molar-refractivity contribution in [2.24, 2.45) is 5.73 Å². The Bertz CT molecular complexity index is 209. The van der Waals surface area contributed by atoms with Crippen molar-refractivity contribution in [3.05, 3.63) is 29.0 Å². The fourth-order valence-corrected chi connectivity index (χ4v) is 0.674. The molecule has 54 valence electrons. The van der Waals surface area contributed by atoms with Crippen LogP contribution in [0.2, 0.25) is 5.15 Å². The average Bonchev–Trinajstić information content (AvgIpc) is 1.88. The Morgan fingerprint density at radius 1 is 1.60 bits per heavy atom. The number of aliphatic hydroxyl groups excluding tert-OH is 1. The lowest BCUT2D eigenvalue weighted by atomic mass is 10.3. The molecular weight excluding hydrogens is 152 g/mol. The molecule has 0 spiro atoms. The summed E-state index contributed by atoms with van der Waals surface area (Å²) in [5.74, 6) is 0. The van der Waals surface area contributed by atoms with Crippen LogP contribution in [0.25, 0.3) is 0 Å². The lowest BCUT2D eigenvalue weighted by molar-refractivity contribution is 0.186. The summed E-state index contributed by atoms with van der Waals surface area (Å²) in [7, 11) is 0. The zero-order valence-corrected chi connectivity index (χ0v) is 5.92. The highest BCUT2D eigenvalue weighted by atomic mass is 35.5. The van der Waals surface area contributed by atoms with E-state index in [9.17, 15) is 0 Å². The minimum Gasteiger partial charge on any atom is -0.374 e. The molecule has 1 aromatic heterocycles. The van der Waals surface area contributed by atoms with E-state index in [-0.39, 0.29) is 0 Å². The van der Waals surface area contributed by atoms with Crippen molar-refractivity contribution in [2.45, 2.75) is 6.23 Å². The summed E-state index contributed by atoms with van der Waals surface area (Å²) in [6, 6.07) is 3.20. The Labute approximate surface area is 63.5 Å². The second-order valence-corrected chi connectivity index (χ2v) is 2.25. The van der Waals surface area contributed by atoms with Crippen LogP contribution in [0.3, 0.4) is 0 Å². The number of nitrogens with zero attached hydrogens (tertiary/aromatic N) is 1. The van der Waals surface area contributed by atoms with Gasteiger partial charge in [-0.3, -0.25) is 0 Å². The zero-order chi connectivity index (χ0) is 7.56. The van der Waals surface area contributed by atoms with Crippen molar-refractivity contribution in [1.82, 2.24) is 4.98 Å². The highest BCUT2D eigenvalue weighted by Crippen LogP contribution is 2.08. The molecule has 1 aromatic rings. The van der Waals surface area contributed by atoms with Gasteiger partial charge in [-0.2, -0.15) is 0 Å². The monoisotopic (exact) mass is 158 g/mol. The number of hydrogen-bond acceptors (Lipinski definition) is 3. The lowest BCUT2D eigenvalue weighted by Crippen LogP contribution is -2.08. The number of aromatic nitrogens is 1. The molecule has 1 rings (SSSR count). The van der Waals surface area contributed by atoms with E-state index in [0.29, 0.717) is 10.7 Å². The summed E-state index contributed by atoms with van der Waals surface area (Å²) in [5.41, 5.74) is 5.70. The number of aliphatic hydroxyl groups is 1. The second-order valence-electron chi connectivity index (χ2n) is 1.86. The molecule has 0 bridgehead atoms. The number of halogens is 1. The molecule has 3 N–H and O–H groups in total. The minimum atomic E-state index is -0.968. The van der Waals surface area contributed by atoms with Crippen molar-refractivity contribution < 1.29 is 5.11 Å². The minimum absolute atomic E-state index is 0.393. The van der Waals surface area contributed by atoms with Crippen LogP contribution in [0.4, 0.5) is 0 Å². The Balaban J connectivity index is 2.89. The van der Waals surface area contributed by atoms with Gasteiger partial charge in [0.15, 0.2) is 0 Å². The van der Waals surface area contributed by atoms with Crippen LogP contribution in [0.1, 0.15) is 11.8 Å². The number of hydrogen-bond donors (Lipinski definition) is 2. The van der Waals surface area contributed by atoms with Gasteiger partial charge in [0.25, 0.3) is 0 Å². The quantitative estimate of drug-likeness (QED) is 0.467. The summed E-state index contributed by atoms with van der Waals surface area (Å²) in [6.45, 7) is 0. The highest BCUT2D eigenvalue weighted by Gasteiger charge is 1.99. The number of rotatable bonds is 1. The molecule has 0 aliphatic heterocycles. The normalized spacial score (nSPS) is 13.1. The number of nitrogens with two attached hydrogens (primary N) is 1. The summed E-state index contributed by atoms with van der Waals surface area (Å²) in [4.78, 5) is 3.73. The molecular formula is C6H7ClN2O. The maximum atomic E-state index is 8.81. The Morgan fingerprint density at radius 3 is 2.70 bits per heavy atom. The summed E-state index contributed by atoms with van der Waals surface area (Å²) >= 11 is 5.48. The molecule has 1 heterocycles. The van der Waals surface area contributed by atoms with Gasteiger partial charge in [-0.1, -0.05) is 17.7 Å². The Morgan fingerprint density at radius 2 is 2.30 bits per heavy atom. The smallest absolute Gasteiger partial charge is 0.130 e. The third-order valence-corrected chi connectivity index (χ3v) is 1.32. The molecule has 0 saturated carbocycles. The second kappa shape index (κ2) is 2.96.